The number of ketones is 1. The molecule has 0 aliphatic rings. The van der Waals surface area contributed by atoms with Crippen LogP contribution in [0.15, 0.2) is 40.9 Å². The number of thiazole rings is 1. The topological polar surface area (TPSA) is 76.1 Å². The highest BCUT2D eigenvalue weighted by Gasteiger charge is 2.13. The Hall–Kier alpha value is -1.57. The molecule has 1 aromatic heterocycles. The van der Waals surface area contributed by atoms with Crippen molar-refractivity contribution in [3.63, 3.8) is 0 Å². The number of carbonyl (C=O) groups is 1. The molecule has 0 fully saturated rings. The normalized spacial score (nSPS) is 11.4. The van der Waals surface area contributed by atoms with Crippen LogP contribution in [0.2, 0.25) is 0 Å². The van der Waals surface area contributed by atoms with Crippen molar-refractivity contribution in [2.75, 3.05) is 6.54 Å². The predicted octanol–water partition coefficient (Wildman–Crippen LogP) is 1.87. The van der Waals surface area contributed by atoms with Crippen molar-refractivity contribution in [2.24, 2.45) is 0 Å². The predicted molar refractivity (Wildman–Crippen MR) is 77.5 cm³/mol. The van der Waals surface area contributed by atoms with Crippen LogP contribution in [0, 0.1) is 0 Å². The van der Waals surface area contributed by atoms with Gasteiger partial charge in [-0.15, -0.1) is 11.3 Å². The number of nitrogens with zero attached hydrogens (tertiary/aromatic N) is 1. The van der Waals surface area contributed by atoms with Gasteiger partial charge in [-0.1, -0.05) is 12.1 Å². The number of Topliss-reactive ketones (excluding diaryl/α,β-unsaturated/α-hetero) is 1. The first kappa shape index (κ1) is 14.8. The summed E-state index contributed by atoms with van der Waals surface area (Å²) in [6.07, 6.45) is 2.33. The van der Waals surface area contributed by atoms with Crippen molar-refractivity contribution in [3.8, 4) is 0 Å². The Morgan fingerprint density at radius 2 is 2.00 bits per heavy atom. The third-order valence-electron chi connectivity index (χ3n) is 2.72. The van der Waals surface area contributed by atoms with Gasteiger partial charge in [0, 0.05) is 23.2 Å². The van der Waals surface area contributed by atoms with Crippen LogP contribution in [0.5, 0.6) is 0 Å². The van der Waals surface area contributed by atoms with Crippen LogP contribution in [0.3, 0.4) is 0 Å². The lowest BCUT2D eigenvalue weighted by atomic mass is 10.2. The molecule has 5 nitrogen and oxygen atoms in total. The van der Waals surface area contributed by atoms with E-state index in [-0.39, 0.29) is 10.7 Å². The van der Waals surface area contributed by atoms with Crippen LogP contribution >= 0.6 is 11.3 Å². The molecule has 0 spiro atoms. The highest BCUT2D eigenvalue weighted by molar-refractivity contribution is 7.89. The van der Waals surface area contributed by atoms with Gasteiger partial charge < -0.3 is 0 Å². The van der Waals surface area contributed by atoms with Gasteiger partial charge in [-0.3, -0.25) is 9.78 Å². The molecule has 2 rings (SSSR count). The Balaban J connectivity index is 2.00. The van der Waals surface area contributed by atoms with Crippen LogP contribution in [-0.2, 0) is 16.4 Å². The molecule has 106 valence electrons. The molecular weight excluding hydrogens is 296 g/mol. The average molecular weight is 310 g/mol. The van der Waals surface area contributed by atoms with Gasteiger partial charge in [-0.2, -0.15) is 0 Å². The molecule has 1 heterocycles. The fourth-order valence-electron chi connectivity index (χ4n) is 1.63. The molecule has 1 N–H and O–H groups in total. The molecule has 0 unspecified atom stereocenters. The summed E-state index contributed by atoms with van der Waals surface area (Å²) in [4.78, 5) is 16.3. The Morgan fingerprint density at radius 3 is 2.55 bits per heavy atom. The Kier molecular flexibility index (Phi) is 4.64. The van der Waals surface area contributed by atoms with Crippen LogP contribution in [0.1, 0.15) is 22.2 Å². The van der Waals surface area contributed by atoms with E-state index in [1.807, 2.05) is 0 Å². The minimum Gasteiger partial charge on any atom is -0.295 e. The third-order valence-corrected chi connectivity index (χ3v) is 5.03. The maximum Gasteiger partial charge on any atom is 0.240 e. The second-order valence-electron chi connectivity index (χ2n) is 4.20. The minimum absolute atomic E-state index is 0.0906. The molecule has 7 heteroatoms. The van der Waals surface area contributed by atoms with E-state index in [0.29, 0.717) is 18.5 Å². The van der Waals surface area contributed by atoms with Crippen molar-refractivity contribution in [3.05, 3.63) is 46.4 Å². The molecule has 0 saturated heterocycles. The van der Waals surface area contributed by atoms with E-state index < -0.39 is 10.0 Å². The van der Waals surface area contributed by atoms with Gasteiger partial charge in [-0.05, 0) is 25.5 Å². The number of benzene rings is 1. The Morgan fingerprint density at radius 1 is 1.30 bits per heavy atom. The third kappa shape index (κ3) is 3.72. The van der Waals surface area contributed by atoms with Gasteiger partial charge in [0.1, 0.15) is 0 Å². The van der Waals surface area contributed by atoms with E-state index in [4.69, 9.17) is 0 Å². The van der Waals surface area contributed by atoms with E-state index in [1.165, 1.54) is 42.5 Å². The number of hydrogen-bond donors (Lipinski definition) is 1. The lowest BCUT2D eigenvalue weighted by Gasteiger charge is -2.06. The van der Waals surface area contributed by atoms with Crippen molar-refractivity contribution in [2.45, 2.75) is 18.2 Å². The number of rotatable bonds is 6. The monoisotopic (exact) mass is 310 g/mol. The largest absolute Gasteiger partial charge is 0.295 e. The van der Waals surface area contributed by atoms with Crippen LogP contribution in [-0.4, -0.2) is 25.7 Å². The van der Waals surface area contributed by atoms with Crippen LogP contribution in [0.4, 0.5) is 0 Å². The summed E-state index contributed by atoms with van der Waals surface area (Å²) in [6, 6.07) is 5.90. The van der Waals surface area contributed by atoms with Crippen LogP contribution in [0.25, 0.3) is 0 Å². The molecule has 1 aromatic carbocycles. The summed E-state index contributed by atoms with van der Waals surface area (Å²) in [5, 5.41) is 0. The Bertz CT molecular complexity index is 677. The fraction of sp³-hybridized carbons (Fsp3) is 0.231. The van der Waals surface area contributed by atoms with E-state index in [1.54, 1.807) is 11.7 Å². The highest BCUT2D eigenvalue weighted by Crippen LogP contribution is 2.11. The van der Waals surface area contributed by atoms with Crippen molar-refractivity contribution in [1.29, 1.82) is 0 Å². The van der Waals surface area contributed by atoms with E-state index >= 15 is 0 Å². The zero-order chi connectivity index (χ0) is 14.6. The lowest BCUT2D eigenvalue weighted by Crippen LogP contribution is -2.25. The Labute approximate surface area is 121 Å². The number of aromatic nitrogens is 1. The molecule has 2 aromatic rings. The van der Waals surface area contributed by atoms with Crippen LogP contribution < -0.4 is 4.72 Å². The molecule has 0 saturated carbocycles. The quantitative estimate of drug-likeness (QED) is 0.826. The summed E-state index contributed by atoms with van der Waals surface area (Å²) in [5.74, 6) is -0.0906. The number of hydrogen-bond acceptors (Lipinski definition) is 5. The number of nitrogens with one attached hydrogen (secondary N) is 1. The number of sulfonamides is 1. The molecule has 0 bridgehead atoms. The van der Waals surface area contributed by atoms with E-state index in [0.717, 1.165) is 4.88 Å². The minimum atomic E-state index is -3.53. The summed E-state index contributed by atoms with van der Waals surface area (Å²) in [5.41, 5.74) is 2.21. The maximum atomic E-state index is 12.0. The molecular formula is C13H14N2O3S2. The standard InChI is InChI=1S/C13H14N2O3S2/c1-10(16)11-2-4-13(5-3-11)20(17,18)15-7-6-12-8-14-9-19-12/h2-5,8-9,15H,6-7H2,1H3. The van der Waals surface area contributed by atoms with Gasteiger partial charge in [0.15, 0.2) is 5.78 Å². The zero-order valence-electron chi connectivity index (χ0n) is 10.9. The van der Waals surface area contributed by atoms with Crippen molar-refractivity contribution in [1.82, 2.24) is 9.71 Å². The summed E-state index contributed by atoms with van der Waals surface area (Å²) in [7, 11) is -3.53. The van der Waals surface area contributed by atoms with Gasteiger partial charge in [0.05, 0.1) is 10.4 Å². The SMILES string of the molecule is CC(=O)c1ccc(S(=O)(=O)NCCc2cncs2)cc1. The highest BCUT2D eigenvalue weighted by atomic mass is 32.2. The first-order valence-corrected chi connectivity index (χ1v) is 8.33. The van der Waals surface area contributed by atoms with E-state index in [9.17, 15) is 13.2 Å². The summed E-state index contributed by atoms with van der Waals surface area (Å²) in [6.45, 7) is 1.76. The molecule has 0 radical (unpaired) electrons. The molecule has 0 aliphatic carbocycles. The lowest BCUT2D eigenvalue weighted by molar-refractivity contribution is 0.101. The summed E-state index contributed by atoms with van der Waals surface area (Å²) < 4.78 is 26.6. The van der Waals surface area contributed by atoms with Gasteiger partial charge >= 0.3 is 0 Å². The van der Waals surface area contributed by atoms with Gasteiger partial charge in [0.2, 0.25) is 10.0 Å². The molecule has 20 heavy (non-hydrogen) atoms. The first-order chi connectivity index (χ1) is 9.49. The molecule has 0 amide bonds. The smallest absolute Gasteiger partial charge is 0.240 e. The zero-order valence-corrected chi connectivity index (χ0v) is 12.5. The molecule has 0 atom stereocenters. The second-order valence-corrected chi connectivity index (χ2v) is 6.93. The maximum absolute atomic E-state index is 12.0. The van der Waals surface area contributed by atoms with Crippen molar-refractivity contribution >= 4 is 27.1 Å². The summed E-state index contributed by atoms with van der Waals surface area (Å²) >= 11 is 1.49. The second kappa shape index (κ2) is 6.25. The average Bonchev–Trinajstić information content (AvgIpc) is 2.92. The van der Waals surface area contributed by atoms with Gasteiger partial charge in [-0.25, -0.2) is 13.1 Å². The van der Waals surface area contributed by atoms with Gasteiger partial charge in [0.25, 0.3) is 0 Å². The first-order valence-electron chi connectivity index (χ1n) is 5.97. The van der Waals surface area contributed by atoms with E-state index in [2.05, 4.69) is 9.71 Å². The molecule has 0 aliphatic heterocycles. The van der Waals surface area contributed by atoms with Crippen molar-refractivity contribution < 1.29 is 13.2 Å². The fourth-order valence-corrected chi connectivity index (χ4v) is 3.26. The number of carbonyl (C=O) groups excluding carboxylic acids is 1.